The first-order valence-corrected chi connectivity index (χ1v) is 10.2. The van der Waals surface area contributed by atoms with Crippen LogP contribution >= 0.6 is 0 Å². The van der Waals surface area contributed by atoms with Gasteiger partial charge in [0, 0.05) is 44.9 Å². The van der Waals surface area contributed by atoms with Crippen molar-refractivity contribution in [2.45, 2.75) is 32.7 Å². The highest BCUT2D eigenvalue weighted by molar-refractivity contribution is 5.94. The molecule has 0 radical (unpaired) electrons. The van der Waals surface area contributed by atoms with E-state index in [1.54, 1.807) is 20.2 Å². The van der Waals surface area contributed by atoms with Crippen molar-refractivity contribution < 1.29 is 9.59 Å². The van der Waals surface area contributed by atoms with E-state index in [-0.39, 0.29) is 11.8 Å². The van der Waals surface area contributed by atoms with Gasteiger partial charge in [0.05, 0.1) is 0 Å². The minimum absolute atomic E-state index is 0.0360. The van der Waals surface area contributed by atoms with E-state index < -0.39 is 0 Å². The highest BCUT2D eigenvalue weighted by Gasteiger charge is 2.05. The van der Waals surface area contributed by atoms with Crippen LogP contribution in [-0.4, -0.2) is 38.4 Å². The van der Waals surface area contributed by atoms with Gasteiger partial charge in [0.25, 0.3) is 5.91 Å². The Morgan fingerprint density at radius 1 is 1.00 bits per heavy atom. The van der Waals surface area contributed by atoms with Crippen molar-refractivity contribution in [2.75, 3.05) is 26.0 Å². The van der Waals surface area contributed by atoms with Crippen LogP contribution in [0.4, 0.5) is 5.69 Å². The van der Waals surface area contributed by atoms with Gasteiger partial charge in [-0.25, -0.2) is 0 Å². The molecule has 160 valence electrons. The first-order valence-electron chi connectivity index (χ1n) is 10.2. The molecule has 7 nitrogen and oxygen atoms in total. The lowest BCUT2D eigenvalue weighted by Crippen LogP contribution is -2.37. The van der Waals surface area contributed by atoms with Crippen molar-refractivity contribution in [3.05, 3.63) is 65.2 Å². The summed E-state index contributed by atoms with van der Waals surface area (Å²) in [5.41, 5.74) is 3.63. The quantitative estimate of drug-likeness (QED) is 0.378. The van der Waals surface area contributed by atoms with Crippen LogP contribution in [0.1, 0.15) is 41.3 Å². The zero-order valence-corrected chi connectivity index (χ0v) is 17.9. The second-order valence-corrected chi connectivity index (χ2v) is 6.88. The van der Waals surface area contributed by atoms with Crippen molar-refractivity contribution in [2.24, 2.45) is 4.99 Å². The Bertz CT molecular complexity index is 862. The molecule has 0 bridgehead atoms. The van der Waals surface area contributed by atoms with E-state index in [0.717, 1.165) is 29.7 Å². The summed E-state index contributed by atoms with van der Waals surface area (Å²) in [6.07, 6.45) is 2.14. The van der Waals surface area contributed by atoms with Crippen molar-refractivity contribution in [3.8, 4) is 0 Å². The molecule has 0 aromatic heterocycles. The van der Waals surface area contributed by atoms with Gasteiger partial charge in [-0.2, -0.15) is 0 Å². The summed E-state index contributed by atoms with van der Waals surface area (Å²) >= 11 is 0. The molecule has 0 aliphatic rings. The molecule has 7 heteroatoms. The van der Waals surface area contributed by atoms with Crippen molar-refractivity contribution in [1.29, 1.82) is 0 Å². The molecule has 2 aromatic carbocycles. The van der Waals surface area contributed by atoms with Crippen LogP contribution in [0.5, 0.6) is 0 Å². The number of rotatable bonds is 9. The Balaban J connectivity index is 1.78. The maximum atomic E-state index is 11.7. The highest BCUT2D eigenvalue weighted by Crippen LogP contribution is 2.10. The van der Waals surface area contributed by atoms with Gasteiger partial charge in [-0.15, -0.1) is 0 Å². The van der Waals surface area contributed by atoms with Gasteiger partial charge < -0.3 is 21.3 Å². The summed E-state index contributed by atoms with van der Waals surface area (Å²) in [6, 6.07) is 15.4. The monoisotopic (exact) mass is 409 g/mol. The highest BCUT2D eigenvalue weighted by atomic mass is 16.2. The molecule has 0 heterocycles. The van der Waals surface area contributed by atoms with Crippen LogP contribution in [0.15, 0.2) is 53.5 Å². The number of nitrogens with one attached hydrogen (secondary N) is 4. The fraction of sp³-hybridized carbons (Fsp3) is 0.348. The zero-order valence-electron chi connectivity index (χ0n) is 17.9. The van der Waals surface area contributed by atoms with Gasteiger partial charge in [-0.05, 0) is 48.2 Å². The van der Waals surface area contributed by atoms with Crippen molar-refractivity contribution in [1.82, 2.24) is 16.0 Å². The summed E-state index contributed by atoms with van der Waals surface area (Å²) in [6.45, 7) is 3.30. The Kier molecular flexibility index (Phi) is 9.37. The van der Waals surface area contributed by atoms with E-state index >= 15 is 0 Å². The van der Waals surface area contributed by atoms with Gasteiger partial charge in [-0.1, -0.05) is 31.2 Å². The van der Waals surface area contributed by atoms with E-state index in [9.17, 15) is 9.59 Å². The Hall–Kier alpha value is -3.35. The SMILES string of the molecule is CCCC(=O)Nc1ccc(CNC(=NC)NCCc2cccc(C(=O)NC)c2)cc1. The first-order chi connectivity index (χ1) is 14.5. The fourth-order valence-electron chi connectivity index (χ4n) is 2.90. The number of nitrogens with zero attached hydrogens (tertiary/aromatic N) is 1. The fourth-order valence-corrected chi connectivity index (χ4v) is 2.90. The number of amides is 2. The predicted molar refractivity (Wildman–Crippen MR) is 122 cm³/mol. The molecule has 0 unspecified atom stereocenters. The van der Waals surface area contributed by atoms with E-state index in [1.165, 1.54) is 0 Å². The molecule has 0 saturated carbocycles. The van der Waals surface area contributed by atoms with Crippen LogP contribution in [0, 0.1) is 0 Å². The van der Waals surface area contributed by atoms with E-state index in [0.29, 0.717) is 31.0 Å². The maximum absolute atomic E-state index is 11.7. The summed E-state index contributed by atoms with van der Waals surface area (Å²) < 4.78 is 0. The number of carbonyl (C=O) groups excluding carboxylic acids is 2. The zero-order chi connectivity index (χ0) is 21.8. The normalized spacial score (nSPS) is 11.0. The van der Waals surface area contributed by atoms with Gasteiger partial charge >= 0.3 is 0 Å². The summed E-state index contributed by atoms with van der Waals surface area (Å²) in [5.74, 6) is 0.657. The predicted octanol–water partition coefficient (Wildman–Crippen LogP) is 2.69. The van der Waals surface area contributed by atoms with Crippen LogP contribution in [0.2, 0.25) is 0 Å². The number of aliphatic imine (C=N–C) groups is 1. The molecule has 0 atom stereocenters. The van der Waals surface area contributed by atoms with Gasteiger partial charge in [0.2, 0.25) is 5.91 Å². The molecule has 2 amide bonds. The lowest BCUT2D eigenvalue weighted by Gasteiger charge is -2.13. The second kappa shape index (κ2) is 12.3. The molecule has 2 aromatic rings. The molecule has 0 fully saturated rings. The average molecular weight is 410 g/mol. The summed E-state index contributed by atoms with van der Waals surface area (Å²) in [7, 11) is 3.36. The van der Waals surface area contributed by atoms with Crippen LogP contribution in [0.3, 0.4) is 0 Å². The largest absolute Gasteiger partial charge is 0.356 e. The second-order valence-electron chi connectivity index (χ2n) is 6.88. The molecular formula is C23H31N5O2. The molecule has 0 aliphatic carbocycles. The summed E-state index contributed by atoms with van der Waals surface area (Å²) in [5, 5.41) is 12.1. The van der Waals surface area contributed by atoms with Gasteiger partial charge in [-0.3, -0.25) is 14.6 Å². The van der Waals surface area contributed by atoms with Crippen LogP contribution < -0.4 is 21.3 Å². The summed E-state index contributed by atoms with van der Waals surface area (Å²) in [4.78, 5) is 27.6. The molecule has 0 spiro atoms. The van der Waals surface area contributed by atoms with Crippen molar-refractivity contribution >= 4 is 23.5 Å². The minimum atomic E-state index is -0.0850. The third-order valence-electron chi connectivity index (χ3n) is 4.52. The number of hydrogen-bond acceptors (Lipinski definition) is 3. The molecule has 30 heavy (non-hydrogen) atoms. The number of anilines is 1. The number of hydrogen-bond donors (Lipinski definition) is 4. The van der Waals surface area contributed by atoms with E-state index in [4.69, 9.17) is 0 Å². The first kappa shape index (κ1) is 22.9. The average Bonchev–Trinajstić information content (AvgIpc) is 2.77. The smallest absolute Gasteiger partial charge is 0.251 e. The Morgan fingerprint density at radius 2 is 1.77 bits per heavy atom. The maximum Gasteiger partial charge on any atom is 0.251 e. The van der Waals surface area contributed by atoms with Crippen LogP contribution in [0.25, 0.3) is 0 Å². The molecule has 0 aliphatic heterocycles. The Morgan fingerprint density at radius 3 is 2.43 bits per heavy atom. The standard InChI is InChI=1S/C23H31N5O2/c1-4-6-21(29)28-20-11-9-18(10-12-20)16-27-23(25-3)26-14-13-17-7-5-8-19(15-17)22(30)24-2/h5,7-12,15H,4,6,13-14,16H2,1-3H3,(H,24,30)(H,28,29)(H2,25,26,27). The van der Waals surface area contributed by atoms with Crippen molar-refractivity contribution in [3.63, 3.8) is 0 Å². The van der Waals surface area contributed by atoms with Gasteiger partial charge in [0.15, 0.2) is 5.96 Å². The molecule has 0 saturated heterocycles. The molecular weight excluding hydrogens is 378 g/mol. The number of guanidine groups is 1. The molecule has 4 N–H and O–H groups in total. The Labute approximate surface area is 178 Å². The lowest BCUT2D eigenvalue weighted by atomic mass is 10.1. The van der Waals surface area contributed by atoms with Gasteiger partial charge in [0.1, 0.15) is 0 Å². The third kappa shape index (κ3) is 7.58. The minimum Gasteiger partial charge on any atom is -0.356 e. The van der Waals surface area contributed by atoms with E-state index in [1.807, 2.05) is 49.4 Å². The lowest BCUT2D eigenvalue weighted by molar-refractivity contribution is -0.116. The number of benzene rings is 2. The topological polar surface area (TPSA) is 94.6 Å². The van der Waals surface area contributed by atoms with Crippen LogP contribution in [-0.2, 0) is 17.8 Å². The van der Waals surface area contributed by atoms with E-state index in [2.05, 4.69) is 26.3 Å². The number of carbonyl (C=O) groups is 2. The third-order valence-corrected chi connectivity index (χ3v) is 4.52. The molecule has 2 rings (SSSR count).